The Morgan fingerprint density at radius 2 is 1.85 bits per heavy atom. The molecule has 0 aliphatic carbocycles. The van der Waals surface area contributed by atoms with Gasteiger partial charge >= 0.3 is 0 Å². The van der Waals surface area contributed by atoms with Gasteiger partial charge in [0.1, 0.15) is 0 Å². The van der Waals surface area contributed by atoms with Gasteiger partial charge in [0.25, 0.3) is 5.91 Å². The van der Waals surface area contributed by atoms with Gasteiger partial charge < -0.3 is 5.32 Å². The summed E-state index contributed by atoms with van der Waals surface area (Å²) >= 11 is 6.18. The van der Waals surface area contributed by atoms with Gasteiger partial charge in [0.15, 0.2) is 0 Å². The lowest BCUT2D eigenvalue weighted by Crippen LogP contribution is -2.35. The largest absolute Gasteiger partial charge is 0.322 e. The highest BCUT2D eigenvalue weighted by Crippen LogP contribution is 2.26. The van der Waals surface area contributed by atoms with Crippen LogP contribution in [0.25, 0.3) is 0 Å². The molecule has 1 fully saturated rings. The van der Waals surface area contributed by atoms with Gasteiger partial charge in [-0.25, -0.2) is 8.42 Å². The number of hydrogen-bond acceptors (Lipinski definition) is 3. The van der Waals surface area contributed by atoms with Crippen LogP contribution in [0, 0.1) is 0 Å². The molecule has 0 radical (unpaired) electrons. The van der Waals surface area contributed by atoms with Crippen molar-refractivity contribution in [2.75, 3.05) is 18.4 Å². The first-order valence-electron chi connectivity index (χ1n) is 9.12. The second-order valence-electron chi connectivity index (χ2n) is 6.61. The number of anilines is 1. The van der Waals surface area contributed by atoms with Crippen LogP contribution in [-0.2, 0) is 16.4 Å². The number of benzene rings is 2. The van der Waals surface area contributed by atoms with Crippen molar-refractivity contribution in [3.05, 3.63) is 58.6 Å². The molecule has 27 heavy (non-hydrogen) atoms. The molecule has 0 saturated carbocycles. The predicted molar refractivity (Wildman–Crippen MR) is 108 cm³/mol. The zero-order chi connectivity index (χ0) is 19.4. The SMILES string of the molecule is CCc1cccc(NC(=O)c2cc(S(=O)(=O)N3CCCCC3)ccc2Cl)c1. The number of nitrogens with zero attached hydrogens (tertiary/aromatic N) is 1. The van der Waals surface area contributed by atoms with E-state index in [2.05, 4.69) is 5.32 Å². The van der Waals surface area contributed by atoms with E-state index < -0.39 is 15.9 Å². The summed E-state index contributed by atoms with van der Waals surface area (Å²) in [6, 6.07) is 11.8. The molecular formula is C20H23ClN2O3S. The van der Waals surface area contributed by atoms with Crippen LogP contribution in [0.15, 0.2) is 47.4 Å². The van der Waals surface area contributed by atoms with E-state index in [1.807, 2.05) is 25.1 Å². The molecule has 1 aliphatic rings. The van der Waals surface area contributed by atoms with E-state index in [-0.39, 0.29) is 15.5 Å². The summed E-state index contributed by atoms with van der Waals surface area (Å²) in [4.78, 5) is 12.8. The highest BCUT2D eigenvalue weighted by atomic mass is 35.5. The maximum Gasteiger partial charge on any atom is 0.257 e. The van der Waals surface area contributed by atoms with Gasteiger partial charge in [-0.15, -0.1) is 0 Å². The average molecular weight is 407 g/mol. The van der Waals surface area contributed by atoms with E-state index >= 15 is 0 Å². The first-order chi connectivity index (χ1) is 12.9. The zero-order valence-corrected chi connectivity index (χ0v) is 16.8. The van der Waals surface area contributed by atoms with Gasteiger partial charge in [-0.2, -0.15) is 4.31 Å². The Morgan fingerprint density at radius 1 is 1.11 bits per heavy atom. The summed E-state index contributed by atoms with van der Waals surface area (Å²) < 4.78 is 27.2. The summed E-state index contributed by atoms with van der Waals surface area (Å²) in [5.74, 6) is -0.427. The van der Waals surface area contributed by atoms with E-state index in [0.717, 1.165) is 31.2 Å². The summed E-state index contributed by atoms with van der Waals surface area (Å²) in [6.45, 7) is 3.05. The van der Waals surface area contributed by atoms with Gasteiger partial charge in [0.05, 0.1) is 15.5 Å². The molecule has 144 valence electrons. The zero-order valence-electron chi connectivity index (χ0n) is 15.2. The molecule has 0 bridgehead atoms. The minimum atomic E-state index is -3.62. The number of carbonyl (C=O) groups is 1. The van der Waals surface area contributed by atoms with Gasteiger partial charge in [-0.05, 0) is 55.2 Å². The van der Waals surface area contributed by atoms with Crippen molar-refractivity contribution in [3.8, 4) is 0 Å². The van der Waals surface area contributed by atoms with Crippen molar-refractivity contribution >= 4 is 33.2 Å². The Hall–Kier alpha value is -1.89. The van der Waals surface area contributed by atoms with Crippen LogP contribution in [0.5, 0.6) is 0 Å². The van der Waals surface area contributed by atoms with Crippen molar-refractivity contribution in [3.63, 3.8) is 0 Å². The summed E-state index contributed by atoms with van der Waals surface area (Å²) in [5, 5.41) is 3.02. The molecule has 5 nitrogen and oxygen atoms in total. The van der Waals surface area contributed by atoms with Crippen LogP contribution >= 0.6 is 11.6 Å². The molecule has 0 atom stereocenters. The van der Waals surface area contributed by atoms with Crippen molar-refractivity contribution < 1.29 is 13.2 Å². The van der Waals surface area contributed by atoms with E-state index in [4.69, 9.17) is 11.6 Å². The minimum Gasteiger partial charge on any atom is -0.322 e. The number of rotatable bonds is 5. The molecule has 1 aliphatic heterocycles. The van der Waals surface area contributed by atoms with Gasteiger partial charge in [0, 0.05) is 18.8 Å². The quantitative estimate of drug-likeness (QED) is 0.803. The lowest BCUT2D eigenvalue weighted by Gasteiger charge is -2.26. The molecule has 1 heterocycles. The number of carbonyl (C=O) groups excluding carboxylic acids is 1. The maximum absolute atomic E-state index is 12.9. The van der Waals surface area contributed by atoms with Gasteiger partial charge in [0.2, 0.25) is 10.0 Å². The van der Waals surface area contributed by atoms with Crippen molar-refractivity contribution in [2.24, 2.45) is 0 Å². The Labute approximate surface area is 165 Å². The standard InChI is InChI=1S/C20H23ClN2O3S/c1-2-15-7-6-8-16(13-15)22-20(24)18-14-17(9-10-19(18)21)27(25,26)23-11-4-3-5-12-23/h6-10,13-14H,2-5,11-12H2,1H3,(H,22,24). The van der Waals surface area contributed by atoms with Gasteiger partial charge in [-0.1, -0.05) is 37.1 Å². The monoisotopic (exact) mass is 406 g/mol. The molecule has 0 spiro atoms. The van der Waals surface area contributed by atoms with E-state index in [0.29, 0.717) is 18.8 Å². The van der Waals surface area contributed by atoms with Crippen LogP contribution in [0.2, 0.25) is 5.02 Å². The first-order valence-corrected chi connectivity index (χ1v) is 10.9. The van der Waals surface area contributed by atoms with Crippen molar-refractivity contribution in [1.29, 1.82) is 0 Å². The van der Waals surface area contributed by atoms with E-state index in [1.54, 1.807) is 6.07 Å². The first kappa shape index (κ1) is 19.9. The van der Waals surface area contributed by atoms with Crippen LogP contribution in [0.4, 0.5) is 5.69 Å². The normalized spacial score (nSPS) is 15.5. The number of sulfonamides is 1. The minimum absolute atomic E-state index is 0.0984. The Bertz CT molecular complexity index is 938. The molecule has 7 heteroatoms. The summed E-state index contributed by atoms with van der Waals surface area (Å²) in [7, 11) is -3.62. The topological polar surface area (TPSA) is 66.5 Å². The van der Waals surface area contributed by atoms with Crippen LogP contribution in [0.3, 0.4) is 0 Å². The number of amides is 1. The lowest BCUT2D eigenvalue weighted by molar-refractivity contribution is 0.102. The highest BCUT2D eigenvalue weighted by Gasteiger charge is 2.27. The van der Waals surface area contributed by atoms with Crippen LogP contribution in [0.1, 0.15) is 42.1 Å². The molecule has 3 rings (SSSR count). The third kappa shape index (κ3) is 4.51. The summed E-state index contributed by atoms with van der Waals surface area (Å²) in [5.41, 5.74) is 1.90. The van der Waals surface area contributed by atoms with E-state index in [1.165, 1.54) is 22.5 Å². The molecule has 0 unspecified atom stereocenters. The van der Waals surface area contributed by atoms with Crippen molar-refractivity contribution in [2.45, 2.75) is 37.5 Å². The van der Waals surface area contributed by atoms with Crippen LogP contribution < -0.4 is 5.32 Å². The average Bonchev–Trinajstić information content (AvgIpc) is 2.69. The Kier molecular flexibility index (Phi) is 6.19. The predicted octanol–water partition coefficient (Wildman–Crippen LogP) is 4.33. The van der Waals surface area contributed by atoms with Crippen molar-refractivity contribution in [1.82, 2.24) is 4.31 Å². The third-order valence-electron chi connectivity index (χ3n) is 4.73. The lowest BCUT2D eigenvalue weighted by atomic mass is 10.1. The fourth-order valence-corrected chi connectivity index (χ4v) is 4.91. The fraction of sp³-hybridized carbons (Fsp3) is 0.350. The number of halogens is 1. The van der Waals surface area contributed by atoms with Crippen LogP contribution in [-0.4, -0.2) is 31.7 Å². The second kappa shape index (κ2) is 8.42. The number of hydrogen-bond donors (Lipinski definition) is 1. The molecule has 0 aromatic heterocycles. The molecule has 2 aromatic carbocycles. The number of nitrogens with one attached hydrogen (secondary N) is 1. The molecule has 1 amide bonds. The summed E-state index contributed by atoms with van der Waals surface area (Å²) in [6.07, 6.45) is 3.60. The Balaban J connectivity index is 1.87. The Morgan fingerprint density at radius 3 is 2.56 bits per heavy atom. The molecule has 2 aromatic rings. The second-order valence-corrected chi connectivity index (χ2v) is 8.96. The number of aryl methyl sites for hydroxylation is 1. The van der Waals surface area contributed by atoms with Gasteiger partial charge in [-0.3, -0.25) is 4.79 Å². The molecular weight excluding hydrogens is 384 g/mol. The molecule has 1 N–H and O–H groups in total. The smallest absolute Gasteiger partial charge is 0.257 e. The highest BCUT2D eigenvalue weighted by molar-refractivity contribution is 7.89. The third-order valence-corrected chi connectivity index (χ3v) is 6.95. The maximum atomic E-state index is 12.9. The van der Waals surface area contributed by atoms with E-state index in [9.17, 15) is 13.2 Å². The fourth-order valence-electron chi connectivity index (χ4n) is 3.16. The number of piperidine rings is 1. The molecule has 1 saturated heterocycles.